The van der Waals surface area contributed by atoms with Gasteiger partial charge in [-0.2, -0.15) is 0 Å². The number of benzene rings is 1. The number of ether oxygens (including phenoxy) is 2. The molecule has 2 aliphatic heterocycles. The summed E-state index contributed by atoms with van der Waals surface area (Å²) in [6.07, 6.45) is 0.975. The summed E-state index contributed by atoms with van der Waals surface area (Å²) in [7, 11) is 3.33. The summed E-state index contributed by atoms with van der Waals surface area (Å²) < 4.78 is 10.7. The van der Waals surface area contributed by atoms with Crippen LogP contribution < -0.4 is 14.8 Å². The third-order valence-corrected chi connectivity index (χ3v) is 4.91. The first kappa shape index (κ1) is 22.8. The Kier molecular flexibility index (Phi) is 9.50. The van der Waals surface area contributed by atoms with Gasteiger partial charge in [-0.1, -0.05) is 0 Å². The minimum Gasteiger partial charge on any atom is -0.497 e. The molecule has 1 aromatic carbocycles. The van der Waals surface area contributed by atoms with Crippen molar-refractivity contribution in [3.63, 3.8) is 0 Å². The molecule has 6 nitrogen and oxygen atoms in total. The molecule has 1 aromatic rings. The van der Waals surface area contributed by atoms with Crippen molar-refractivity contribution in [1.82, 2.24) is 15.1 Å². The predicted octanol–water partition coefficient (Wildman–Crippen LogP) is 1.80. The van der Waals surface area contributed by atoms with E-state index in [9.17, 15) is 4.79 Å². The Balaban J connectivity index is 0.00000169. The molecule has 2 saturated heterocycles. The number of carbonyl (C=O) groups is 1. The number of hydrogen-bond donors (Lipinski definition) is 1. The summed E-state index contributed by atoms with van der Waals surface area (Å²) >= 11 is 0. The Bertz CT molecular complexity index is 553. The van der Waals surface area contributed by atoms with E-state index in [-0.39, 0.29) is 30.7 Å². The van der Waals surface area contributed by atoms with Crippen molar-refractivity contribution in [3.8, 4) is 11.5 Å². The molecule has 0 spiro atoms. The average molecular weight is 406 g/mol. The van der Waals surface area contributed by atoms with Gasteiger partial charge in [0.05, 0.1) is 20.1 Å². The molecule has 1 amide bonds. The minimum absolute atomic E-state index is 0. The SMILES string of the molecule is COc1cc(CN2CCN(C(=O)C3CCNC3)CC2)cc(OC)c1.Cl.Cl. The average Bonchev–Trinajstić information content (AvgIpc) is 3.16. The summed E-state index contributed by atoms with van der Waals surface area (Å²) in [4.78, 5) is 16.9. The van der Waals surface area contributed by atoms with E-state index in [0.29, 0.717) is 5.91 Å². The first-order chi connectivity index (χ1) is 11.7. The maximum atomic E-state index is 12.5. The van der Waals surface area contributed by atoms with Crippen LogP contribution in [0, 0.1) is 5.92 Å². The number of carbonyl (C=O) groups excluding carboxylic acids is 1. The van der Waals surface area contributed by atoms with Crippen molar-refractivity contribution in [1.29, 1.82) is 0 Å². The Hall–Kier alpha value is -1.21. The molecule has 0 saturated carbocycles. The molecule has 2 fully saturated rings. The lowest BCUT2D eigenvalue weighted by atomic mass is 10.1. The Labute approximate surface area is 168 Å². The fourth-order valence-corrected chi connectivity index (χ4v) is 3.47. The highest BCUT2D eigenvalue weighted by Gasteiger charge is 2.29. The molecule has 2 aliphatic rings. The third-order valence-electron chi connectivity index (χ3n) is 4.91. The number of rotatable bonds is 5. The molecule has 3 rings (SSSR count). The number of halogens is 2. The number of amides is 1. The second kappa shape index (κ2) is 10.8. The van der Waals surface area contributed by atoms with E-state index in [1.54, 1.807) is 14.2 Å². The fourth-order valence-electron chi connectivity index (χ4n) is 3.47. The Morgan fingerprint density at radius 3 is 2.19 bits per heavy atom. The second-order valence-electron chi connectivity index (χ2n) is 6.51. The van der Waals surface area contributed by atoms with Gasteiger partial charge in [0.1, 0.15) is 11.5 Å². The van der Waals surface area contributed by atoms with Gasteiger partial charge in [0.2, 0.25) is 5.91 Å². The molecule has 26 heavy (non-hydrogen) atoms. The molecule has 8 heteroatoms. The topological polar surface area (TPSA) is 54.0 Å². The van der Waals surface area contributed by atoms with Crippen LogP contribution in [0.25, 0.3) is 0 Å². The van der Waals surface area contributed by atoms with Crippen molar-refractivity contribution in [3.05, 3.63) is 23.8 Å². The highest BCUT2D eigenvalue weighted by molar-refractivity contribution is 5.85. The van der Waals surface area contributed by atoms with Gasteiger partial charge >= 0.3 is 0 Å². The van der Waals surface area contributed by atoms with Crippen LogP contribution in [-0.2, 0) is 11.3 Å². The van der Waals surface area contributed by atoms with E-state index in [2.05, 4.69) is 10.2 Å². The van der Waals surface area contributed by atoms with E-state index < -0.39 is 0 Å². The van der Waals surface area contributed by atoms with Gasteiger partial charge in [0, 0.05) is 45.3 Å². The molecule has 0 bridgehead atoms. The van der Waals surface area contributed by atoms with Gasteiger partial charge in [-0.15, -0.1) is 24.8 Å². The monoisotopic (exact) mass is 405 g/mol. The van der Waals surface area contributed by atoms with Crippen molar-refractivity contribution in [2.24, 2.45) is 5.92 Å². The molecule has 148 valence electrons. The van der Waals surface area contributed by atoms with Crippen LogP contribution in [0.2, 0.25) is 0 Å². The van der Waals surface area contributed by atoms with Crippen LogP contribution in [0.5, 0.6) is 11.5 Å². The smallest absolute Gasteiger partial charge is 0.227 e. The third kappa shape index (κ3) is 5.64. The summed E-state index contributed by atoms with van der Waals surface area (Å²) in [5, 5.41) is 3.27. The van der Waals surface area contributed by atoms with Gasteiger partial charge in [0.25, 0.3) is 0 Å². The highest BCUT2D eigenvalue weighted by Crippen LogP contribution is 2.24. The lowest BCUT2D eigenvalue weighted by molar-refractivity contribution is -0.136. The molecular formula is C18H29Cl2N3O3. The van der Waals surface area contributed by atoms with Crippen LogP contribution in [0.3, 0.4) is 0 Å². The molecule has 1 N–H and O–H groups in total. The van der Waals surface area contributed by atoms with Gasteiger partial charge in [-0.05, 0) is 30.7 Å². The Morgan fingerprint density at radius 2 is 1.69 bits per heavy atom. The van der Waals surface area contributed by atoms with E-state index in [1.807, 2.05) is 23.1 Å². The molecule has 0 radical (unpaired) electrons. The van der Waals surface area contributed by atoms with Gasteiger partial charge in [-0.25, -0.2) is 0 Å². The van der Waals surface area contributed by atoms with Crippen LogP contribution >= 0.6 is 24.8 Å². The fraction of sp³-hybridized carbons (Fsp3) is 0.611. The summed E-state index contributed by atoms with van der Waals surface area (Å²) in [6, 6.07) is 5.98. The second-order valence-corrected chi connectivity index (χ2v) is 6.51. The number of nitrogens with zero attached hydrogens (tertiary/aromatic N) is 2. The molecule has 1 unspecified atom stereocenters. The lowest BCUT2D eigenvalue weighted by Crippen LogP contribution is -2.50. The van der Waals surface area contributed by atoms with Crippen molar-refractivity contribution >= 4 is 30.7 Å². The Morgan fingerprint density at radius 1 is 1.08 bits per heavy atom. The van der Waals surface area contributed by atoms with Crippen molar-refractivity contribution in [2.75, 3.05) is 53.5 Å². The van der Waals surface area contributed by atoms with Crippen molar-refractivity contribution < 1.29 is 14.3 Å². The van der Waals surface area contributed by atoms with Crippen LogP contribution in [-0.4, -0.2) is 69.2 Å². The number of methoxy groups -OCH3 is 2. The summed E-state index contributed by atoms with van der Waals surface area (Å²) in [5.41, 5.74) is 1.17. The first-order valence-electron chi connectivity index (χ1n) is 8.63. The maximum absolute atomic E-state index is 12.5. The number of piperazine rings is 1. The van der Waals surface area contributed by atoms with Crippen LogP contribution in [0.15, 0.2) is 18.2 Å². The van der Waals surface area contributed by atoms with E-state index in [1.165, 1.54) is 5.56 Å². The molecule has 0 aliphatic carbocycles. The zero-order valence-corrected chi connectivity index (χ0v) is 17.0. The zero-order valence-electron chi connectivity index (χ0n) is 15.4. The normalized spacial score (nSPS) is 20.1. The van der Waals surface area contributed by atoms with Gasteiger partial charge in [-0.3, -0.25) is 9.69 Å². The van der Waals surface area contributed by atoms with Crippen LogP contribution in [0.4, 0.5) is 0 Å². The van der Waals surface area contributed by atoms with Gasteiger partial charge in [0.15, 0.2) is 0 Å². The molecule has 2 heterocycles. The highest BCUT2D eigenvalue weighted by atomic mass is 35.5. The quantitative estimate of drug-likeness (QED) is 0.809. The zero-order chi connectivity index (χ0) is 16.9. The standard InChI is InChI=1S/C18H27N3O3.2ClH/c1-23-16-9-14(10-17(11-16)24-2)13-20-5-7-21(8-6-20)18(22)15-3-4-19-12-15;;/h9-11,15,19H,3-8,12-13H2,1-2H3;2*1H. The largest absolute Gasteiger partial charge is 0.497 e. The van der Waals surface area contributed by atoms with E-state index in [4.69, 9.17) is 9.47 Å². The van der Waals surface area contributed by atoms with E-state index in [0.717, 1.165) is 63.7 Å². The molecule has 1 atom stereocenters. The molecule has 0 aromatic heterocycles. The summed E-state index contributed by atoms with van der Waals surface area (Å²) in [6.45, 7) is 6.10. The van der Waals surface area contributed by atoms with Gasteiger partial charge < -0.3 is 19.7 Å². The molecular weight excluding hydrogens is 377 g/mol. The maximum Gasteiger partial charge on any atom is 0.227 e. The minimum atomic E-state index is 0. The van der Waals surface area contributed by atoms with Crippen LogP contribution in [0.1, 0.15) is 12.0 Å². The number of hydrogen-bond acceptors (Lipinski definition) is 5. The van der Waals surface area contributed by atoms with Crippen molar-refractivity contribution in [2.45, 2.75) is 13.0 Å². The predicted molar refractivity (Wildman–Crippen MR) is 107 cm³/mol. The van der Waals surface area contributed by atoms with E-state index >= 15 is 0 Å². The first-order valence-corrected chi connectivity index (χ1v) is 8.63. The number of nitrogens with one attached hydrogen (secondary N) is 1. The lowest BCUT2D eigenvalue weighted by Gasteiger charge is -2.36. The summed E-state index contributed by atoms with van der Waals surface area (Å²) in [5.74, 6) is 2.13.